The second-order valence-corrected chi connectivity index (χ2v) is 15.9. The number of phenols is 1. The van der Waals surface area contributed by atoms with Gasteiger partial charge in [0.05, 0.1) is 16.8 Å². The van der Waals surface area contributed by atoms with Crippen molar-refractivity contribution in [3.05, 3.63) is 59.4 Å². The van der Waals surface area contributed by atoms with Crippen molar-refractivity contribution in [2.45, 2.75) is 83.2 Å². The van der Waals surface area contributed by atoms with Crippen LogP contribution < -0.4 is 15.4 Å². The molecular weight excluding hydrogens is 784 g/mol. The molecule has 8 rings (SSSR count). The van der Waals surface area contributed by atoms with E-state index in [9.17, 15) is 23.9 Å². The van der Waals surface area contributed by atoms with Gasteiger partial charge in [0.2, 0.25) is 5.91 Å². The molecular formula is C42H46F3N9O6. The van der Waals surface area contributed by atoms with Crippen LogP contribution >= 0.6 is 0 Å². The fraction of sp³-hybridized carbons (Fsp3) is 0.452. The number of carbonyl (C=O) groups excluding carboxylic acids is 3. The number of pyridine rings is 1. The van der Waals surface area contributed by atoms with Crippen LogP contribution in [0.2, 0.25) is 0 Å². The average Bonchev–Trinajstić information content (AvgIpc) is 3.89. The first kappa shape index (κ1) is 40.7. The van der Waals surface area contributed by atoms with Crippen LogP contribution in [0, 0.1) is 17.6 Å². The molecule has 15 nitrogen and oxygen atoms in total. The Labute approximate surface area is 343 Å². The van der Waals surface area contributed by atoms with E-state index in [4.69, 9.17) is 9.47 Å². The lowest BCUT2D eigenvalue weighted by atomic mass is 9.81. The van der Waals surface area contributed by atoms with Crippen molar-refractivity contribution < 1.29 is 42.1 Å². The number of alkyl halides is 1. The van der Waals surface area contributed by atoms with Gasteiger partial charge in [-0.15, -0.1) is 5.10 Å². The number of nitrogens with one attached hydrogen (secondary N) is 2. The van der Waals surface area contributed by atoms with E-state index in [1.54, 1.807) is 27.9 Å². The second-order valence-electron chi connectivity index (χ2n) is 15.9. The Kier molecular flexibility index (Phi) is 11.0. The summed E-state index contributed by atoms with van der Waals surface area (Å²) in [4.78, 5) is 55.4. The van der Waals surface area contributed by atoms with Gasteiger partial charge in [0.25, 0.3) is 0 Å². The van der Waals surface area contributed by atoms with Crippen molar-refractivity contribution in [2.24, 2.45) is 5.92 Å². The molecule has 2 aromatic carbocycles. The van der Waals surface area contributed by atoms with E-state index in [-0.39, 0.29) is 78.0 Å². The molecule has 5 heterocycles. The molecule has 60 heavy (non-hydrogen) atoms. The second kappa shape index (κ2) is 16.2. The maximum Gasteiger partial charge on any atom is 0.344 e. The lowest BCUT2D eigenvalue weighted by molar-refractivity contribution is -0.159. The zero-order chi connectivity index (χ0) is 42.5. The number of nitrogens with zero attached hydrogens (tertiary/aromatic N) is 7. The molecule has 0 bridgehead atoms. The summed E-state index contributed by atoms with van der Waals surface area (Å²) >= 11 is 0. The van der Waals surface area contributed by atoms with Gasteiger partial charge in [-0.05, 0) is 73.2 Å². The Morgan fingerprint density at radius 3 is 2.65 bits per heavy atom. The van der Waals surface area contributed by atoms with Gasteiger partial charge in [-0.1, -0.05) is 19.9 Å². The highest BCUT2D eigenvalue weighted by Gasteiger charge is 2.49. The number of aryl methyl sites for hydroxylation is 1. The van der Waals surface area contributed by atoms with Gasteiger partial charge in [0.15, 0.2) is 11.6 Å². The SMILES string of the molecule is CCC(=O)OC1CCC1C(=O)Nc1nn(C(=O)N(C)C)cc1CNc1nc(OC[C@@]23CCCN2C[C@H](F)C3)nc2c(F)c(-c3cc(O)cc4ccc(F)c(CC)c34)ncc12. The number of halogens is 3. The quantitative estimate of drug-likeness (QED) is 0.119. The standard InChI is InChI=1S/C42H46F3N9O6/c1-5-26-30(44)10-8-22-14-25(55)15-28(33(22)26)35-34(45)36-29(18-46-35)38(50-40(48-36)59-21-42-12-7-13-53(42)20-24(43)16-42)47-17-23-19-54(41(58)52(3)4)51-37(23)49-39(57)27-9-11-31(27)60-32(56)6-2/h8,10,14-15,18-19,24,27,31,55H,5-7,9,11-13,16-17,20-21H2,1-4H3,(H,47,48,50)(H,49,51,57)/t24-,27?,31?,42+/m1/s1. The molecule has 2 unspecified atom stereocenters. The molecule has 0 radical (unpaired) electrons. The van der Waals surface area contributed by atoms with Gasteiger partial charge in [-0.3, -0.25) is 19.5 Å². The number of aromatic hydroxyl groups is 1. The van der Waals surface area contributed by atoms with Crippen molar-refractivity contribution in [1.29, 1.82) is 0 Å². The van der Waals surface area contributed by atoms with E-state index in [1.165, 1.54) is 41.6 Å². The largest absolute Gasteiger partial charge is 0.508 e. The summed E-state index contributed by atoms with van der Waals surface area (Å²) in [6, 6.07) is 4.92. The lowest BCUT2D eigenvalue weighted by Gasteiger charge is -2.34. The summed E-state index contributed by atoms with van der Waals surface area (Å²) in [7, 11) is 3.10. The van der Waals surface area contributed by atoms with E-state index in [0.717, 1.165) is 17.6 Å². The summed E-state index contributed by atoms with van der Waals surface area (Å²) < 4.78 is 59.6. The summed E-state index contributed by atoms with van der Waals surface area (Å²) in [6.07, 6.45) is 4.56. The summed E-state index contributed by atoms with van der Waals surface area (Å²) in [5.41, 5.74) is -0.106. The highest BCUT2D eigenvalue weighted by molar-refractivity contribution is 6.02. The highest BCUT2D eigenvalue weighted by atomic mass is 19.1. The Bertz CT molecular complexity index is 2520. The van der Waals surface area contributed by atoms with Crippen molar-refractivity contribution in [1.82, 2.24) is 34.5 Å². The smallest absolute Gasteiger partial charge is 0.344 e. The van der Waals surface area contributed by atoms with Crippen LogP contribution in [0.5, 0.6) is 11.8 Å². The van der Waals surface area contributed by atoms with Gasteiger partial charge in [-0.2, -0.15) is 14.6 Å². The maximum atomic E-state index is 17.1. The van der Waals surface area contributed by atoms with E-state index in [1.807, 2.05) is 0 Å². The molecule has 0 spiro atoms. The molecule has 2 saturated heterocycles. The zero-order valence-corrected chi connectivity index (χ0v) is 33.7. The number of rotatable bonds is 12. The van der Waals surface area contributed by atoms with E-state index in [2.05, 4.69) is 35.6 Å². The third kappa shape index (κ3) is 7.52. The van der Waals surface area contributed by atoms with Crippen molar-refractivity contribution in [2.75, 3.05) is 44.4 Å². The molecule has 316 valence electrons. The van der Waals surface area contributed by atoms with E-state index in [0.29, 0.717) is 47.7 Å². The number of ether oxygens (including phenoxy) is 2. The van der Waals surface area contributed by atoms with E-state index >= 15 is 8.78 Å². The molecule has 3 N–H and O–H groups in total. The number of amides is 2. The topological polar surface area (TPSA) is 177 Å². The number of aromatic nitrogens is 5. The van der Waals surface area contributed by atoms with Crippen LogP contribution in [-0.2, 0) is 27.3 Å². The number of phenolic OH excluding ortho intramolecular Hbond substituents is 1. The minimum Gasteiger partial charge on any atom is -0.508 e. The van der Waals surface area contributed by atoms with Crippen molar-refractivity contribution in [3.63, 3.8) is 0 Å². The minimum atomic E-state index is -1.01. The fourth-order valence-electron chi connectivity index (χ4n) is 8.60. The molecule has 2 aliphatic heterocycles. The zero-order valence-electron chi connectivity index (χ0n) is 33.7. The molecule has 3 aliphatic rings. The maximum absolute atomic E-state index is 17.1. The van der Waals surface area contributed by atoms with Crippen LogP contribution in [0.15, 0.2) is 36.7 Å². The van der Waals surface area contributed by atoms with Crippen LogP contribution in [0.4, 0.5) is 29.6 Å². The van der Waals surface area contributed by atoms with Gasteiger partial charge in [0, 0.05) is 63.5 Å². The summed E-state index contributed by atoms with van der Waals surface area (Å²) in [6.45, 7) is 4.43. The molecule has 3 aromatic heterocycles. The van der Waals surface area contributed by atoms with E-state index < -0.39 is 53.3 Å². The van der Waals surface area contributed by atoms with Crippen LogP contribution in [0.1, 0.15) is 63.5 Å². The number of benzene rings is 2. The lowest BCUT2D eigenvalue weighted by Crippen LogP contribution is -2.43. The molecule has 3 fully saturated rings. The molecule has 2 amide bonds. The first-order chi connectivity index (χ1) is 28.8. The third-order valence-electron chi connectivity index (χ3n) is 11.8. The van der Waals surface area contributed by atoms with Crippen LogP contribution in [0.3, 0.4) is 0 Å². The predicted octanol–water partition coefficient (Wildman–Crippen LogP) is 6.36. The Morgan fingerprint density at radius 1 is 1.10 bits per heavy atom. The Balaban J connectivity index is 1.18. The predicted molar refractivity (Wildman–Crippen MR) is 215 cm³/mol. The number of carbonyl (C=O) groups is 3. The monoisotopic (exact) mass is 829 g/mol. The highest BCUT2D eigenvalue weighted by Crippen LogP contribution is 2.42. The number of fused-ring (bicyclic) bond motifs is 3. The Morgan fingerprint density at radius 2 is 1.92 bits per heavy atom. The van der Waals surface area contributed by atoms with Crippen LogP contribution in [-0.4, -0.2) is 109 Å². The van der Waals surface area contributed by atoms with Gasteiger partial charge in [-0.25, -0.2) is 18.0 Å². The average molecular weight is 830 g/mol. The fourth-order valence-corrected chi connectivity index (χ4v) is 8.60. The van der Waals surface area contributed by atoms with Gasteiger partial charge in [0.1, 0.15) is 47.5 Å². The van der Waals surface area contributed by atoms with Crippen molar-refractivity contribution >= 4 is 51.2 Å². The Hall–Kier alpha value is -6.04. The third-order valence-corrected chi connectivity index (χ3v) is 11.8. The summed E-state index contributed by atoms with van der Waals surface area (Å²) in [5.74, 6) is -2.85. The molecule has 1 aliphatic carbocycles. The molecule has 4 atom stereocenters. The number of esters is 1. The first-order valence-corrected chi connectivity index (χ1v) is 20.2. The number of anilines is 2. The molecule has 5 aromatic rings. The number of hydrogen-bond acceptors (Lipinski definition) is 12. The molecule has 1 saturated carbocycles. The van der Waals surface area contributed by atoms with Gasteiger partial charge >= 0.3 is 18.0 Å². The number of hydrogen-bond donors (Lipinski definition) is 3. The van der Waals surface area contributed by atoms with Crippen molar-refractivity contribution in [3.8, 4) is 23.0 Å². The first-order valence-electron chi connectivity index (χ1n) is 20.2. The minimum absolute atomic E-state index is 0.0551. The summed E-state index contributed by atoms with van der Waals surface area (Å²) in [5, 5.41) is 22.0. The normalized spacial score (nSPS) is 21.1. The van der Waals surface area contributed by atoms with Gasteiger partial charge < -0.3 is 30.1 Å². The van der Waals surface area contributed by atoms with Crippen LogP contribution in [0.25, 0.3) is 32.9 Å². The molecule has 18 heteroatoms.